The number of likely N-dealkylation sites (tertiary alicyclic amines) is 1. The van der Waals surface area contributed by atoms with Crippen LogP contribution in [0.5, 0.6) is 0 Å². The summed E-state index contributed by atoms with van der Waals surface area (Å²) in [6.45, 7) is 7.62. The highest BCUT2D eigenvalue weighted by Gasteiger charge is 2.44. The fourth-order valence-electron chi connectivity index (χ4n) is 5.61. The van der Waals surface area contributed by atoms with Crippen LogP contribution in [0.15, 0.2) is 24.5 Å². The van der Waals surface area contributed by atoms with Crippen molar-refractivity contribution >= 4 is 29.1 Å². The molecule has 3 aliphatic heterocycles. The number of benzene rings is 1. The molecule has 1 aromatic heterocycles. The van der Waals surface area contributed by atoms with Gasteiger partial charge in [-0.3, -0.25) is 14.5 Å². The van der Waals surface area contributed by atoms with Gasteiger partial charge in [-0.2, -0.15) is 0 Å². The average molecular weight is 498 g/mol. The molecule has 8 nitrogen and oxygen atoms in total. The van der Waals surface area contributed by atoms with Crippen molar-refractivity contribution < 1.29 is 14.3 Å². The fourth-order valence-corrected chi connectivity index (χ4v) is 5.85. The smallest absolute Gasteiger partial charge is 0.258 e. The predicted molar refractivity (Wildman–Crippen MR) is 133 cm³/mol. The largest absolute Gasteiger partial charge is 0.381 e. The van der Waals surface area contributed by atoms with Crippen molar-refractivity contribution in [3.05, 3.63) is 52.1 Å². The molecule has 2 aromatic rings. The number of aryl methyl sites for hydroxylation is 1. The van der Waals surface area contributed by atoms with Crippen molar-refractivity contribution in [2.24, 2.45) is 5.92 Å². The summed E-state index contributed by atoms with van der Waals surface area (Å²) in [6, 6.07) is 4.29. The van der Waals surface area contributed by atoms with Gasteiger partial charge in [-0.05, 0) is 62.8 Å². The van der Waals surface area contributed by atoms with Crippen LogP contribution >= 0.6 is 11.6 Å². The summed E-state index contributed by atoms with van der Waals surface area (Å²) in [7, 11) is 0. The van der Waals surface area contributed by atoms with E-state index in [0.717, 1.165) is 56.4 Å². The molecule has 0 aliphatic carbocycles. The number of carbonyl (C=O) groups is 2. The molecule has 2 unspecified atom stereocenters. The zero-order chi connectivity index (χ0) is 24.5. The van der Waals surface area contributed by atoms with E-state index in [9.17, 15) is 9.59 Å². The van der Waals surface area contributed by atoms with E-state index in [2.05, 4.69) is 25.1 Å². The van der Waals surface area contributed by atoms with Crippen molar-refractivity contribution in [1.82, 2.24) is 19.8 Å². The molecule has 5 rings (SSSR count). The molecule has 35 heavy (non-hydrogen) atoms. The molecule has 0 saturated carbocycles. The van der Waals surface area contributed by atoms with Crippen LogP contribution < -0.4 is 5.32 Å². The summed E-state index contributed by atoms with van der Waals surface area (Å²) in [5.41, 5.74) is 3.16. The van der Waals surface area contributed by atoms with Gasteiger partial charge in [-0.25, -0.2) is 9.97 Å². The number of ether oxygens (including phenoxy) is 1. The molecule has 0 radical (unpaired) electrons. The lowest BCUT2D eigenvalue weighted by Crippen LogP contribution is -2.57. The van der Waals surface area contributed by atoms with E-state index < -0.39 is 0 Å². The second-order valence-electron chi connectivity index (χ2n) is 9.92. The van der Waals surface area contributed by atoms with E-state index in [1.165, 1.54) is 12.4 Å². The number of hydrogen-bond donors (Lipinski definition) is 1. The van der Waals surface area contributed by atoms with Gasteiger partial charge >= 0.3 is 0 Å². The normalized spacial score (nSPS) is 22.9. The minimum Gasteiger partial charge on any atom is -0.381 e. The number of nitrogens with zero attached hydrogens (tertiary/aromatic N) is 4. The number of amides is 2. The zero-order valence-corrected chi connectivity index (χ0v) is 21.1. The molecule has 1 aromatic carbocycles. The molecular formula is C26H32ClN5O3. The third-order valence-corrected chi connectivity index (χ3v) is 7.77. The molecule has 3 saturated heterocycles. The Balaban J connectivity index is 1.27. The van der Waals surface area contributed by atoms with Crippen molar-refractivity contribution in [2.75, 3.05) is 31.6 Å². The first-order valence-electron chi connectivity index (χ1n) is 12.4. The van der Waals surface area contributed by atoms with Gasteiger partial charge in [-0.1, -0.05) is 11.6 Å². The fraction of sp³-hybridized carbons (Fsp3) is 0.538. The first kappa shape index (κ1) is 24.2. The van der Waals surface area contributed by atoms with Gasteiger partial charge in [0.1, 0.15) is 5.82 Å². The minimum atomic E-state index is -0.264. The third-order valence-electron chi connectivity index (χ3n) is 7.55. The Labute approximate surface area is 211 Å². The highest BCUT2D eigenvalue weighted by molar-refractivity contribution is 6.31. The summed E-state index contributed by atoms with van der Waals surface area (Å²) in [5, 5.41) is 3.55. The van der Waals surface area contributed by atoms with E-state index in [0.29, 0.717) is 41.2 Å². The SMILES string of the molecule is Cc1ncc(C(=O)Nc2cc(Cl)cc(CN3CC4CCC(C3)N4C(=O)C3CCOCC3)c2C)cn1. The topological polar surface area (TPSA) is 87.7 Å². The van der Waals surface area contributed by atoms with Gasteiger partial charge in [0.15, 0.2) is 0 Å². The molecule has 2 atom stereocenters. The number of anilines is 1. The summed E-state index contributed by atoms with van der Waals surface area (Å²) < 4.78 is 5.45. The maximum Gasteiger partial charge on any atom is 0.258 e. The van der Waals surface area contributed by atoms with Crippen LogP contribution in [-0.2, 0) is 16.1 Å². The van der Waals surface area contributed by atoms with Crippen LogP contribution in [-0.4, -0.2) is 70.0 Å². The second-order valence-corrected chi connectivity index (χ2v) is 10.4. The van der Waals surface area contributed by atoms with Gasteiger partial charge < -0.3 is 15.0 Å². The lowest BCUT2D eigenvalue weighted by atomic mass is 9.97. The van der Waals surface area contributed by atoms with Gasteiger partial charge in [0, 0.05) is 74.0 Å². The average Bonchev–Trinajstić information content (AvgIpc) is 3.12. The van der Waals surface area contributed by atoms with Crippen LogP contribution in [0.3, 0.4) is 0 Å². The number of fused-ring (bicyclic) bond motifs is 2. The first-order valence-corrected chi connectivity index (χ1v) is 12.8. The van der Waals surface area contributed by atoms with E-state index in [4.69, 9.17) is 16.3 Å². The molecule has 4 heterocycles. The second kappa shape index (κ2) is 10.2. The maximum atomic E-state index is 13.2. The van der Waals surface area contributed by atoms with E-state index in [-0.39, 0.29) is 23.9 Å². The van der Waals surface area contributed by atoms with Gasteiger partial charge in [0.2, 0.25) is 5.91 Å². The number of piperazine rings is 1. The van der Waals surface area contributed by atoms with Crippen LogP contribution in [0.1, 0.15) is 53.0 Å². The molecule has 9 heteroatoms. The van der Waals surface area contributed by atoms with E-state index in [1.807, 2.05) is 13.0 Å². The number of hydrogen-bond acceptors (Lipinski definition) is 6. The van der Waals surface area contributed by atoms with Gasteiger partial charge in [-0.15, -0.1) is 0 Å². The van der Waals surface area contributed by atoms with Crippen molar-refractivity contribution in [3.8, 4) is 0 Å². The number of nitrogens with one attached hydrogen (secondary N) is 1. The van der Waals surface area contributed by atoms with Gasteiger partial charge in [0.05, 0.1) is 5.56 Å². The Morgan fingerprint density at radius 3 is 2.37 bits per heavy atom. The standard InChI is InChI=1S/C26H32ClN5O3/c1-16-19(9-21(27)10-24(16)30-25(33)20-11-28-17(2)29-12-20)13-31-14-22-3-4-23(15-31)32(22)26(34)18-5-7-35-8-6-18/h9-12,18,22-23H,3-8,13-15H2,1-2H3,(H,30,33). The molecule has 186 valence electrons. The lowest BCUT2D eigenvalue weighted by molar-refractivity contribution is -0.144. The molecule has 3 fully saturated rings. The number of aromatic nitrogens is 2. The number of halogens is 1. The minimum absolute atomic E-state index is 0.110. The first-order chi connectivity index (χ1) is 16.9. The van der Waals surface area contributed by atoms with Crippen LogP contribution in [0.25, 0.3) is 0 Å². The third kappa shape index (κ3) is 5.20. The summed E-state index contributed by atoms with van der Waals surface area (Å²) in [4.78, 5) is 38.8. The Bertz CT molecular complexity index is 1090. The molecule has 1 N–H and O–H groups in total. The highest BCUT2D eigenvalue weighted by Crippen LogP contribution is 2.35. The van der Waals surface area contributed by atoms with Crippen LogP contribution in [0.4, 0.5) is 5.69 Å². The van der Waals surface area contributed by atoms with Crippen molar-refractivity contribution in [1.29, 1.82) is 0 Å². The monoisotopic (exact) mass is 497 g/mol. The molecular weight excluding hydrogens is 466 g/mol. The van der Waals surface area contributed by atoms with E-state index in [1.54, 1.807) is 13.0 Å². The Morgan fingerprint density at radius 2 is 1.71 bits per heavy atom. The van der Waals surface area contributed by atoms with E-state index >= 15 is 0 Å². The van der Waals surface area contributed by atoms with Crippen LogP contribution in [0.2, 0.25) is 5.02 Å². The van der Waals surface area contributed by atoms with Crippen molar-refractivity contribution in [2.45, 2.75) is 58.2 Å². The van der Waals surface area contributed by atoms with Crippen LogP contribution in [0, 0.1) is 19.8 Å². The van der Waals surface area contributed by atoms with Crippen molar-refractivity contribution in [3.63, 3.8) is 0 Å². The Morgan fingerprint density at radius 1 is 1.06 bits per heavy atom. The summed E-state index contributed by atoms with van der Waals surface area (Å²) in [6.07, 6.45) is 6.84. The summed E-state index contributed by atoms with van der Waals surface area (Å²) in [5.74, 6) is 0.786. The predicted octanol–water partition coefficient (Wildman–Crippen LogP) is 3.60. The Kier molecular flexibility index (Phi) is 7.05. The number of carbonyl (C=O) groups excluding carboxylic acids is 2. The molecule has 0 spiro atoms. The summed E-state index contributed by atoms with van der Waals surface area (Å²) >= 11 is 6.45. The maximum absolute atomic E-state index is 13.2. The molecule has 2 bridgehead atoms. The highest BCUT2D eigenvalue weighted by atomic mass is 35.5. The molecule has 3 aliphatic rings. The van der Waals surface area contributed by atoms with Gasteiger partial charge in [0.25, 0.3) is 5.91 Å². The number of rotatable bonds is 5. The molecule has 2 amide bonds. The quantitative estimate of drug-likeness (QED) is 0.679. The Hall–Kier alpha value is -2.55. The lowest BCUT2D eigenvalue weighted by Gasteiger charge is -2.43. The zero-order valence-electron chi connectivity index (χ0n) is 20.3.